The van der Waals surface area contributed by atoms with E-state index < -0.39 is 0 Å². The molecule has 0 saturated carbocycles. The number of nitrogens with two attached hydrogens (primary N) is 1. The van der Waals surface area contributed by atoms with E-state index in [2.05, 4.69) is 15.9 Å². The predicted octanol–water partition coefficient (Wildman–Crippen LogP) is 5.46. The first-order valence-corrected chi connectivity index (χ1v) is 7.07. The molecule has 2 rings (SSSR count). The van der Waals surface area contributed by atoms with Crippen LogP contribution in [0.1, 0.15) is 17.2 Å². The van der Waals surface area contributed by atoms with Gasteiger partial charge in [0.25, 0.3) is 0 Å². The third kappa shape index (κ3) is 3.01. The fourth-order valence-electron chi connectivity index (χ4n) is 1.67. The fourth-order valence-corrected chi connectivity index (χ4v) is 2.99. The Morgan fingerprint density at radius 1 is 0.889 bits per heavy atom. The van der Waals surface area contributed by atoms with Crippen molar-refractivity contribution in [3.63, 3.8) is 0 Å². The van der Waals surface area contributed by atoms with E-state index in [0.29, 0.717) is 15.1 Å². The fraction of sp³-hybridized carbons (Fsp3) is 0.0769. The van der Waals surface area contributed by atoms with Crippen LogP contribution in [-0.2, 0) is 0 Å². The van der Waals surface area contributed by atoms with Crippen LogP contribution in [0.5, 0.6) is 0 Å². The molecule has 1 unspecified atom stereocenters. The lowest BCUT2D eigenvalue weighted by atomic mass is 9.99. The number of halogens is 4. The van der Waals surface area contributed by atoms with E-state index in [4.69, 9.17) is 40.5 Å². The minimum Gasteiger partial charge on any atom is -0.320 e. The van der Waals surface area contributed by atoms with Crippen LogP contribution in [0.3, 0.4) is 0 Å². The van der Waals surface area contributed by atoms with Gasteiger partial charge in [-0.2, -0.15) is 0 Å². The molecule has 1 atom stereocenters. The van der Waals surface area contributed by atoms with E-state index in [-0.39, 0.29) is 6.04 Å². The van der Waals surface area contributed by atoms with Gasteiger partial charge in [-0.1, -0.05) is 62.9 Å². The van der Waals surface area contributed by atoms with Crippen LogP contribution >= 0.6 is 50.7 Å². The van der Waals surface area contributed by atoms with Crippen LogP contribution < -0.4 is 5.73 Å². The minimum absolute atomic E-state index is 0.379. The van der Waals surface area contributed by atoms with Crippen LogP contribution in [-0.4, -0.2) is 0 Å². The minimum atomic E-state index is -0.379. The number of benzene rings is 2. The molecular weight excluding hydrogens is 356 g/mol. The Morgan fingerprint density at radius 2 is 1.44 bits per heavy atom. The molecule has 2 N–H and O–H groups in total. The Labute approximate surface area is 129 Å². The van der Waals surface area contributed by atoms with Gasteiger partial charge < -0.3 is 5.73 Å². The van der Waals surface area contributed by atoms with Crippen molar-refractivity contribution in [1.82, 2.24) is 0 Å². The quantitative estimate of drug-likeness (QED) is 0.752. The summed E-state index contributed by atoms with van der Waals surface area (Å²) in [6.07, 6.45) is 0. The molecule has 0 aromatic heterocycles. The summed E-state index contributed by atoms with van der Waals surface area (Å²) in [6, 6.07) is 10.4. The average Bonchev–Trinajstić information content (AvgIpc) is 2.28. The lowest BCUT2D eigenvalue weighted by molar-refractivity contribution is 0.872. The van der Waals surface area contributed by atoms with Crippen LogP contribution in [0.15, 0.2) is 40.9 Å². The van der Waals surface area contributed by atoms with Crippen LogP contribution in [0.4, 0.5) is 0 Å². The zero-order chi connectivity index (χ0) is 13.3. The third-order valence-corrected chi connectivity index (χ3v) is 3.98. The maximum Gasteiger partial charge on any atom is 0.0581 e. The molecule has 0 heterocycles. The van der Waals surface area contributed by atoms with Crippen molar-refractivity contribution in [2.24, 2.45) is 5.73 Å². The zero-order valence-electron chi connectivity index (χ0n) is 9.13. The van der Waals surface area contributed by atoms with E-state index in [9.17, 15) is 0 Å². The topological polar surface area (TPSA) is 26.0 Å². The van der Waals surface area contributed by atoms with Gasteiger partial charge in [-0.15, -0.1) is 0 Å². The van der Waals surface area contributed by atoms with Crippen molar-refractivity contribution in [3.05, 3.63) is 67.1 Å². The first-order valence-electron chi connectivity index (χ1n) is 5.14. The molecule has 0 spiro atoms. The Balaban J connectivity index is 2.44. The molecule has 2 aromatic rings. The second-order valence-corrected chi connectivity index (χ2v) is 5.98. The molecular formula is C13H9BrCl3N. The summed E-state index contributed by atoms with van der Waals surface area (Å²) in [5.74, 6) is 0. The van der Waals surface area contributed by atoms with Gasteiger partial charge in [-0.05, 0) is 35.4 Å². The summed E-state index contributed by atoms with van der Waals surface area (Å²) < 4.78 is 0.908. The van der Waals surface area contributed by atoms with E-state index in [1.54, 1.807) is 18.2 Å². The van der Waals surface area contributed by atoms with Crippen molar-refractivity contribution in [2.45, 2.75) is 6.04 Å². The Hall–Kier alpha value is -0.250. The summed E-state index contributed by atoms with van der Waals surface area (Å²) in [7, 11) is 0. The molecule has 0 fully saturated rings. The Morgan fingerprint density at radius 3 is 2.00 bits per heavy atom. The van der Waals surface area contributed by atoms with Gasteiger partial charge in [0.2, 0.25) is 0 Å². The average molecular weight is 365 g/mol. The molecule has 0 bridgehead atoms. The summed E-state index contributed by atoms with van der Waals surface area (Å²) in [6.45, 7) is 0. The monoisotopic (exact) mass is 363 g/mol. The van der Waals surface area contributed by atoms with Crippen molar-refractivity contribution in [3.8, 4) is 0 Å². The molecule has 0 aliphatic rings. The van der Waals surface area contributed by atoms with E-state index in [1.165, 1.54) is 0 Å². The summed E-state index contributed by atoms with van der Waals surface area (Å²) in [5.41, 5.74) is 7.81. The highest BCUT2D eigenvalue weighted by Crippen LogP contribution is 2.33. The molecule has 0 saturated heterocycles. The molecule has 5 heteroatoms. The molecule has 0 amide bonds. The van der Waals surface area contributed by atoms with Crippen LogP contribution in [0.2, 0.25) is 15.1 Å². The van der Waals surface area contributed by atoms with Crippen molar-refractivity contribution >= 4 is 50.7 Å². The van der Waals surface area contributed by atoms with Crippen LogP contribution in [0.25, 0.3) is 0 Å². The maximum atomic E-state index is 6.19. The maximum absolute atomic E-state index is 6.19. The van der Waals surface area contributed by atoms with Gasteiger partial charge in [0.15, 0.2) is 0 Å². The largest absolute Gasteiger partial charge is 0.320 e. The summed E-state index contributed by atoms with van der Waals surface area (Å²) >= 11 is 21.5. The van der Waals surface area contributed by atoms with Gasteiger partial charge in [-0.3, -0.25) is 0 Å². The Bertz CT molecular complexity index is 535. The highest BCUT2D eigenvalue weighted by molar-refractivity contribution is 9.10. The zero-order valence-corrected chi connectivity index (χ0v) is 13.0. The smallest absolute Gasteiger partial charge is 0.0581 e. The summed E-state index contributed by atoms with van der Waals surface area (Å²) in [5, 5.41) is 1.72. The second kappa shape index (κ2) is 5.81. The van der Waals surface area contributed by atoms with Gasteiger partial charge in [0.1, 0.15) is 0 Å². The molecule has 18 heavy (non-hydrogen) atoms. The highest BCUT2D eigenvalue weighted by atomic mass is 79.9. The molecule has 94 valence electrons. The van der Waals surface area contributed by atoms with Crippen LogP contribution in [0, 0.1) is 0 Å². The van der Waals surface area contributed by atoms with E-state index >= 15 is 0 Å². The molecule has 2 aromatic carbocycles. The second-order valence-electron chi connectivity index (χ2n) is 3.81. The van der Waals surface area contributed by atoms with Crippen molar-refractivity contribution in [1.29, 1.82) is 0 Å². The predicted molar refractivity (Wildman–Crippen MR) is 81.6 cm³/mol. The van der Waals surface area contributed by atoms with Gasteiger partial charge in [0, 0.05) is 19.5 Å². The number of hydrogen-bond acceptors (Lipinski definition) is 1. The van der Waals surface area contributed by atoms with Crippen molar-refractivity contribution in [2.75, 3.05) is 0 Å². The van der Waals surface area contributed by atoms with E-state index in [0.717, 1.165) is 15.6 Å². The molecule has 0 radical (unpaired) electrons. The van der Waals surface area contributed by atoms with Gasteiger partial charge in [-0.25, -0.2) is 0 Å². The Kier molecular flexibility index (Phi) is 4.57. The van der Waals surface area contributed by atoms with Crippen molar-refractivity contribution < 1.29 is 0 Å². The third-order valence-electron chi connectivity index (χ3n) is 2.60. The normalized spacial score (nSPS) is 12.5. The summed E-state index contributed by atoms with van der Waals surface area (Å²) in [4.78, 5) is 0. The van der Waals surface area contributed by atoms with Gasteiger partial charge in [0.05, 0.1) is 6.04 Å². The lowest BCUT2D eigenvalue weighted by Gasteiger charge is -2.16. The first kappa shape index (κ1) is 14.2. The number of hydrogen-bond donors (Lipinski definition) is 1. The standard InChI is InChI=1S/C13H9BrCl3N/c14-7-1-3-9(11(16)5-7)13(18)10-4-2-8(15)6-12(10)17/h1-6,13H,18H2. The first-order chi connectivity index (χ1) is 8.49. The highest BCUT2D eigenvalue weighted by Gasteiger charge is 2.15. The molecule has 1 nitrogen and oxygen atoms in total. The molecule has 0 aliphatic carbocycles. The molecule has 0 aliphatic heterocycles. The van der Waals surface area contributed by atoms with E-state index in [1.807, 2.05) is 18.2 Å². The van der Waals surface area contributed by atoms with Gasteiger partial charge >= 0.3 is 0 Å². The number of rotatable bonds is 2. The lowest BCUT2D eigenvalue weighted by Crippen LogP contribution is -2.12. The SMILES string of the molecule is NC(c1ccc(Cl)cc1Cl)c1ccc(Br)cc1Cl.